The number of tetrazole rings is 1. The topological polar surface area (TPSA) is 113 Å². The molecule has 0 spiro atoms. The quantitative estimate of drug-likeness (QED) is 0.382. The second-order valence-corrected chi connectivity index (χ2v) is 7.98. The van der Waals surface area contributed by atoms with Crippen molar-refractivity contribution in [2.75, 3.05) is 18.5 Å². The van der Waals surface area contributed by atoms with Gasteiger partial charge in [0, 0.05) is 19.2 Å². The number of nitrogens with zero attached hydrogens (tertiary/aromatic N) is 6. The van der Waals surface area contributed by atoms with E-state index in [9.17, 15) is 9.90 Å². The highest BCUT2D eigenvalue weighted by Gasteiger charge is 2.20. The van der Waals surface area contributed by atoms with Crippen LogP contribution in [0, 0.1) is 0 Å². The molecule has 3 aromatic carbocycles. The summed E-state index contributed by atoms with van der Waals surface area (Å²) in [5.74, 6) is 0.378. The maximum Gasteiger partial charge on any atom is 0.337 e. The Labute approximate surface area is 195 Å². The second kappa shape index (κ2) is 8.78. The minimum atomic E-state index is -0.966. The van der Waals surface area contributed by atoms with Crippen LogP contribution in [0.15, 0.2) is 66.7 Å². The highest BCUT2D eigenvalue weighted by atomic mass is 16.4. The van der Waals surface area contributed by atoms with Crippen molar-refractivity contribution in [3.05, 3.63) is 77.9 Å². The summed E-state index contributed by atoms with van der Waals surface area (Å²) < 4.78 is 1.98. The molecule has 0 fully saturated rings. The van der Waals surface area contributed by atoms with Gasteiger partial charge in [0.2, 0.25) is 5.95 Å². The summed E-state index contributed by atoms with van der Waals surface area (Å²) in [7, 11) is 1.95. The Bertz CT molecular complexity index is 1460. The Balaban J connectivity index is 1.55. The SMILES string of the molecule is CCN(C)c1nc2cccc(C(=O)O)c2n1Cc1ccc(-c2ccccc2-c2nnn[nH]2)cc1. The number of rotatable bonds is 7. The zero-order chi connectivity index (χ0) is 23.7. The predicted molar refractivity (Wildman–Crippen MR) is 130 cm³/mol. The van der Waals surface area contributed by atoms with E-state index in [0.717, 1.165) is 34.7 Å². The normalized spacial score (nSPS) is 11.1. The lowest BCUT2D eigenvalue weighted by molar-refractivity contribution is 0.0698. The number of carboxylic acid groups (broad SMARTS) is 1. The fraction of sp³-hybridized carbons (Fsp3) is 0.160. The van der Waals surface area contributed by atoms with Gasteiger partial charge in [-0.3, -0.25) is 0 Å². The number of hydrogen-bond donors (Lipinski definition) is 2. The molecule has 34 heavy (non-hydrogen) atoms. The number of carbonyl (C=O) groups is 1. The second-order valence-electron chi connectivity index (χ2n) is 7.98. The minimum Gasteiger partial charge on any atom is -0.478 e. The van der Waals surface area contributed by atoms with Gasteiger partial charge in [0.1, 0.15) is 0 Å². The summed E-state index contributed by atoms with van der Waals surface area (Å²) in [6.45, 7) is 3.28. The van der Waals surface area contributed by atoms with Crippen LogP contribution < -0.4 is 4.90 Å². The van der Waals surface area contributed by atoms with Gasteiger partial charge in [-0.1, -0.05) is 54.6 Å². The van der Waals surface area contributed by atoms with Crippen molar-refractivity contribution in [1.29, 1.82) is 0 Å². The standard InChI is InChI=1S/C25H23N7O2/c1-3-31(2)25-26-21-10-6-9-20(24(33)34)22(21)32(25)15-16-11-13-17(14-12-16)18-7-4-5-8-19(18)23-27-29-30-28-23/h4-14H,3,15H2,1-2H3,(H,33,34)(H,27,28,29,30). The Kier molecular flexibility index (Phi) is 5.51. The minimum absolute atomic E-state index is 0.243. The van der Waals surface area contributed by atoms with E-state index in [1.807, 2.05) is 53.8 Å². The number of fused-ring (bicyclic) bond motifs is 1. The lowest BCUT2D eigenvalue weighted by Gasteiger charge is -2.18. The summed E-state index contributed by atoms with van der Waals surface area (Å²) in [6.07, 6.45) is 0. The van der Waals surface area contributed by atoms with Gasteiger partial charge in [-0.25, -0.2) is 14.9 Å². The molecular formula is C25H23N7O2. The number of imidazole rings is 1. The van der Waals surface area contributed by atoms with E-state index in [4.69, 9.17) is 4.98 Å². The Morgan fingerprint density at radius 3 is 2.47 bits per heavy atom. The van der Waals surface area contributed by atoms with Crippen molar-refractivity contribution in [3.8, 4) is 22.5 Å². The zero-order valence-corrected chi connectivity index (χ0v) is 18.8. The third-order valence-corrected chi connectivity index (χ3v) is 5.93. The fourth-order valence-electron chi connectivity index (χ4n) is 4.12. The van der Waals surface area contributed by atoms with Crippen LogP contribution in [-0.2, 0) is 6.54 Å². The number of benzene rings is 3. The van der Waals surface area contributed by atoms with Gasteiger partial charge in [-0.2, -0.15) is 0 Å². The van der Waals surface area contributed by atoms with E-state index in [0.29, 0.717) is 23.4 Å². The summed E-state index contributed by atoms with van der Waals surface area (Å²) in [5.41, 5.74) is 5.53. The predicted octanol–water partition coefficient (Wildman–Crippen LogP) is 4.09. The molecule has 2 aromatic heterocycles. The van der Waals surface area contributed by atoms with Crippen molar-refractivity contribution >= 4 is 23.0 Å². The van der Waals surface area contributed by atoms with E-state index in [1.54, 1.807) is 12.1 Å². The van der Waals surface area contributed by atoms with E-state index in [1.165, 1.54) is 0 Å². The van der Waals surface area contributed by atoms with Gasteiger partial charge in [-0.05, 0) is 46.2 Å². The van der Waals surface area contributed by atoms with Crippen molar-refractivity contribution in [3.63, 3.8) is 0 Å². The molecule has 0 saturated heterocycles. The highest BCUT2D eigenvalue weighted by Crippen LogP contribution is 2.31. The summed E-state index contributed by atoms with van der Waals surface area (Å²) in [6, 6.07) is 21.4. The van der Waals surface area contributed by atoms with Gasteiger partial charge >= 0.3 is 5.97 Å². The Morgan fingerprint density at radius 2 is 1.79 bits per heavy atom. The summed E-state index contributed by atoms with van der Waals surface area (Å²) >= 11 is 0. The molecule has 0 amide bonds. The average Bonchev–Trinajstić information content (AvgIpc) is 3.53. The van der Waals surface area contributed by atoms with Crippen molar-refractivity contribution in [1.82, 2.24) is 30.2 Å². The van der Waals surface area contributed by atoms with Crippen LogP contribution in [0.5, 0.6) is 0 Å². The number of para-hydroxylation sites is 1. The molecule has 5 aromatic rings. The lowest BCUT2D eigenvalue weighted by Crippen LogP contribution is -2.21. The first kappa shape index (κ1) is 21.3. The molecule has 0 aliphatic rings. The number of aromatic nitrogens is 6. The molecule has 2 heterocycles. The monoisotopic (exact) mass is 453 g/mol. The smallest absolute Gasteiger partial charge is 0.337 e. The van der Waals surface area contributed by atoms with Crippen LogP contribution in [0.2, 0.25) is 0 Å². The van der Waals surface area contributed by atoms with Crippen molar-refractivity contribution in [2.24, 2.45) is 0 Å². The van der Waals surface area contributed by atoms with Crippen molar-refractivity contribution < 1.29 is 9.90 Å². The van der Waals surface area contributed by atoms with Gasteiger partial charge in [0.05, 0.1) is 23.1 Å². The molecule has 9 heteroatoms. The third kappa shape index (κ3) is 3.77. The highest BCUT2D eigenvalue weighted by molar-refractivity contribution is 6.02. The average molecular weight is 454 g/mol. The van der Waals surface area contributed by atoms with Gasteiger partial charge in [-0.15, -0.1) is 5.10 Å². The molecule has 9 nitrogen and oxygen atoms in total. The van der Waals surface area contributed by atoms with Gasteiger partial charge < -0.3 is 14.6 Å². The van der Waals surface area contributed by atoms with Crippen LogP contribution in [0.1, 0.15) is 22.8 Å². The maximum atomic E-state index is 11.9. The number of aromatic carboxylic acids is 1. The van der Waals surface area contributed by atoms with Gasteiger partial charge in [0.15, 0.2) is 5.82 Å². The molecule has 0 saturated carbocycles. The van der Waals surface area contributed by atoms with E-state index in [2.05, 4.69) is 44.9 Å². The Hall–Kier alpha value is -4.53. The maximum absolute atomic E-state index is 11.9. The number of H-pyrrole nitrogens is 1. The number of carboxylic acids is 1. The summed E-state index contributed by atoms with van der Waals surface area (Å²) in [4.78, 5) is 18.7. The first-order chi connectivity index (χ1) is 16.6. The summed E-state index contributed by atoms with van der Waals surface area (Å²) in [5, 5.41) is 24.0. The van der Waals surface area contributed by atoms with Gasteiger partial charge in [0.25, 0.3) is 0 Å². The lowest BCUT2D eigenvalue weighted by atomic mass is 9.98. The van der Waals surface area contributed by atoms with Crippen LogP contribution in [0.3, 0.4) is 0 Å². The van der Waals surface area contributed by atoms with Crippen LogP contribution in [-0.4, -0.2) is 54.8 Å². The molecule has 0 aliphatic heterocycles. The first-order valence-corrected chi connectivity index (χ1v) is 10.9. The molecular weight excluding hydrogens is 430 g/mol. The van der Waals surface area contributed by atoms with E-state index < -0.39 is 5.97 Å². The van der Waals surface area contributed by atoms with E-state index in [-0.39, 0.29) is 5.56 Å². The molecule has 0 aliphatic carbocycles. The molecule has 0 atom stereocenters. The van der Waals surface area contributed by atoms with Crippen LogP contribution >= 0.6 is 0 Å². The molecule has 5 rings (SSSR count). The number of aromatic amines is 1. The molecule has 0 radical (unpaired) electrons. The first-order valence-electron chi connectivity index (χ1n) is 10.9. The number of nitrogens with one attached hydrogen (secondary N) is 1. The molecule has 0 bridgehead atoms. The third-order valence-electron chi connectivity index (χ3n) is 5.93. The molecule has 170 valence electrons. The largest absolute Gasteiger partial charge is 0.478 e. The zero-order valence-electron chi connectivity index (χ0n) is 18.8. The fourth-order valence-corrected chi connectivity index (χ4v) is 4.12. The Morgan fingerprint density at radius 1 is 1.03 bits per heavy atom. The van der Waals surface area contributed by atoms with Crippen LogP contribution in [0.4, 0.5) is 5.95 Å². The number of anilines is 1. The van der Waals surface area contributed by atoms with Crippen molar-refractivity contribution in [2.45, 2.75) is 13.5 Å². The number of hydrogen-bond acceptors (Lipinski definition) is 6. The van der Waals surface area contributed by atoms with Crippen LogP contribution in [0.25, 0.3) is 33.5 Å². The van der Waals surface area contributed by atoms with E-state index >= 15 is 0 Å². The molecule has 0 unspecified atom stereocenters. The molecule has 2 N–H and O–H groups in total.